The molecule has 2 aromatic carbocycles. The van der Waals surface area contributed by atoms with E-state index in [1.165, 1.54) is 5.56 Å². The smallest absolute Gasteiger partial charge is 0.321 e. The third-order valence-electron chi connectivity index (χ3n) is 4.89. The summed E-state index contributed by atoms with van der Waals surface area (Å²) in [5.74, 6) is 0. The number of hydrogen-bond acceptors (Lipinski definition) is 2. The molecule has 2 aromatic rings. The van der Waals surface area contributed by atoms with Crippen molar-refractivity contribution in [1.82, 2.24) is 4.90 Å². The van der Waals surface area contributed by atoms with E-state index in [2.05, 4.69) is 42.6 Å². The van der Waals surface area contributed by atoms with Crippen LogP contribution in [0.2, 0.25) is 0 Å². The van der Waals surface area contributed by atoms with Crippen LogP contribution in [0.15, 0.2) is 48.5 Å². The molecule has 1 fully saturated rings. The monoisotopic (exact) mass is 352 g/mol. The molecule has 0 spiro atoms. The zero-order chi connectivity index (χ0) is 18.4. The number of carbonyl (C=O) groups is 1. The van der Waals surface area contributed by atoms with Crippen LogP contribution in [0.25, 0.3) is 11.1 Å². The number of carbonyl (C=O) groups excluding carboxylic acids is 1. The Bertz CT molecular complexity index is 721. The second kappa shape index (κ2) is 8.86. The molecule has 0 saturated carbocycles. The minimum atomic E-state index is -0.0709. The summed E-state index contributed by atoms with van der Waals surface area (Å²) in [4.78, 5) is 14.2. The van der Waals surface area contributed by atoms with Crippen molar-refractivity contribution in [1.29, 1.82) is 0 Å². The fraction of sp³-hybridized carbons (Fsp3) is 0.409. The Balaban J connectivity index is 1.53. The van der Waals surface area contributed by atoms with E-state index in [4.69, 9.17) is 4.74 Å². The summed E-state index contributed by atoms with van der Waals surface area (Å²) >= 11 is 0. The number of urea groups is 1. The zero-order valence-corrected chi connectivity index (χ0v) is 15.7. The fourth-order valence-corrected chi connectivity index (χ4v) is 3.27. The lowest BCUT2D eigenvalue weighted by Crippen LogP contribution is -2.32. The van der Waals surface area contributed by atoms with Crippen molar-refractivity contribution in [3.05, 3.63) is 54.1 Å². The van der Waals surface area contributed by atoms with Crippen LogP contribution in [0.1, 0.15) is 31.2 Å². The summed E-state index contributed by atoms with van der Waals surface area (Å²) in [6.45, 7) is 3.71. The van der Waals surface area contributed by atoms with Gasteiger partial charge in [-0.1, -0.05) is 42.0 Å². The summed E-state index contributed by atoms with van der Waals surface area (Å²) < 4.78 is 5.63. The van der Waals surface area contributed by atoms with E-state index < -0.39 is 0 Å². The molecule has 1 atom stereocenters. The average molecular weight is 352 g/mol. The van der Waals surface area contributed by atoms with E-state index in [1.54, 1.807) is 4.90 Å². The number of nitrogens with one attached hydrogen (secondary N) is 1. The van der Waals surface area contributed by atoms with Crippen LogP contribution in [0.4, 0.5) is 10.5 Å². The maximum Gasteiger partial charge on any atom is 0.321 e. The van der Waals surface area contributed by atoms with Gasteiger partial charge in [0.15, 0.2) is 0 Å². The van der Waals surface area contributed by atoms with Gasteiger partial charge in [-0.05, 0) is 55.9 Å². The molecule has 0 radical (unpaired) electrons. The molecule has 2 amide bonds. The van der Waals surface area contributed by atoms with Gasteiger partial charge in [-0.25, -0.2) is 4.79 Å². The average Bonchev–Trinajstić information content (AvgIpc) is 3.16. The van der Waals surface area contributed by atoms with E-state index in [0.29, 0.717) is 6.10 Å². The second-order valence-corrected chi connectivity index (χ2v) is 7.08. The number of rotatable bonds is 6. The molecule has 1 heterocycles. The van der Waals surface area contributed by atoms with Gasteiger partial charge in [-0.3, -0.25) is 0 Å². The van der Waals surface area contributed by atoms with E-state index in [-0.39, 0.29) is 6.03 Å². The summed E-state index contributed by atoms with van der Waals surface area (Å²) in [6.07, 6.45) is 4.70. The van der Waals surface area contributed by atoms with Crippen molar-refractivity contribution in [3.8, 4) is 11.1 Å². The first kappa shape index (κ1) is 18.5. The molecule has 0 bridgehead atoms. The predicted octanol–water partition coefficient (Wildman–Crippen LogP) is 5.08. The van der Waals surface area contributed by atoms with Gasteiger partial charge in [0.1, 0.15) is 0 Å². The van der Waals surface area contributed by atoms with Crippen molar-refractivity contribution in [2.24, 2.45) is 0 Å². The Kier molecular flexibility index (Phi) is 6.29. The second-order valence-electron chi connectivity index (χ2n) is 7.08. The molecule has 4 nitrogen and oxygen atoms in total. The Morgan fingerprint density at radius 2 is 2.00 bits per heavy atom. The highest BCUT2D eigenvalue weighted by Crippen LogP contribution is 2.23. The van der Waals surface area contributed by atoms with Gasteiger partial charge in [0.05, 0.1) is 6.10 Å². The third kappa shape index (κ3) is 5.09. The molecule has 0 aromatic heterocycles. The van der Waals surface area contributed by atoms with Crippen LogP contribution in [-0.2, 0) is 4.74 Å². The number of aryl methyl sites for hydroxylation is 1. The van der Waals surface area contributed by atoms with Gasteiger partial charge in [0, 0.05) is 25.9 Å². The number of benzene rings is 2. The number of nitrogens with zero attached hydrogens (tertiary/aromatic N) is 1. The first-order valence-corrected chi connectivity index (χ1v) is 9.42. The van der Waals surface area contributed by atoms with Gasteiger partial charge in [-0.15, -0.1) is 0 Å². The summed E-state index contributed by atoms with van der Waals surface area (Å²) in [6, 6.07) is 16.3. The normalized spacial score (nSPS) is 16.5. The van der Waals surface area contributed by atoms with Crippen LogP contribution in [0.5, 0.6) is 0 Å². The highest BCUT2D eigenvalue weighted by molar-refractivity contribution is 5.90. The topological polar surface area (TPSA) is 41.6 Å². The van der Waals surface area contributed by atoms with E-state index in [0.717, 1.165) is 55.6 Å². The lowest BCUT2D eigenvalue weighted by atomic mass is 10.0. The molecule has 3 rings (SSSR count). The Morgan fingerprint density at radius 3 is 2.73 bits per heavy atom. The van der Waals surface area contributed by atoms with Gasteiger partial charge < -0.3 is 15.0 Å². The number of hydrogen-bond donors (Lipinski definition) is 1. The van der Waals surface area contributed by atoms with Gasteiger partial charge in [0.25, 0.3) is 0 Å². The standard InChI is InChI=1S/C22H28N2O2/c1-17-10-12-18(13-11-17)19-6-3-7-20(16-19)23-22(25)24(2)14-4-8-21-9-5-15-26-21/h3,6-7,10-13,16,21H,4-5,8-9,14-15H2,1-2H3,(H,23,25)/t21-/m1/s1. The largest absolute Gasteiger partial charge is 0.378 e. The quantitative estimate of drug-likeness (QED) is 0.787. The highest BCUT2D eigenvalue weighted by Gasteiger charge is 2.16. The lowest BCUT2D eigenvalue weighted by Gasteiger charge is -2.19. The summed E-state index contributed by atoms with van der Waals surface area (Å²) in [7, 11) is 1.84. The molecule has 1 aliphatic rings. The van der Waals surface area contributed by atoms with Crippen molar-refractivity contribution in [2.45, 2.75) is 38.7 Å². The summed E-state index contributed by atoms with van der Waals surface area (Å²) in [5.41, 5.74) is 4.31. The molecule has 0 aliphatic carbocycles. The van der Waals surface area contributed by atoms with E-state index >= 15 is 0 Å². The van der Waals surface area contributed by atoms with Crippen molar-refractivity contribution in [3.63, 3.8) is 0 Å². The maximum absolute atomic E-state index is 12.4. The van der Waals surface area contributed by atoms with Crippen LogP contribution < -0.4 is 5.32 Å². The van der Waals surface area contributed by atoms with Gasteiger partial charge in [0.2, 0.25) is 0 Å². The predicted molar refractivity (Wildman–Crippen MR) is 106 cm³/mol. The molecule has 1 saturated heterocycles. The molecule has 0 unspecified atom stereocenters. The van der Waals surface area contributed by atoms with Crippen LogP contribution >= 0.6 is 0 Å². The summed E-state index contributed by atoms with van der Waals surface area (Å²) in [5, 5.41) is 3.00. The third-order valence-corrected chi connectivity index (χ3v) is 4.89. The number of anilines is 1. The SMILES string of the molecule is Cc1ccc(-c2cccc(NC(=O)N(C)CCC[C@@H]3CCCO3)c2)cc1. The molecule has 26 heavy (non-hydrogen) atoms. The van der Waals surface area contributed by atoms with Crippen LogP contribution in [0, 0.1) is 6.92 Å². The fourth-order valence-electron chi connectivity index (χ4n) is 3.27. The van der Waals surface area contributed by atoms with Crippen molar-refractivity contribution >= 4 is 11.7 Å². The maximum atomic E-state index is 12.4. The Hall–Kier alpha value is -2.33. The molecular formula is C22H28N2O2. The Morgan fingerprint density at radius 1 is 1.19 bits per heavy atom. The zero-order valence-electron chi connectivity index (χ0n) is 15.7. The first-order chi connectivity index (χ1) is 12.6. The minimum absolute atomic E-state index is 0.0709. The number of amides is 2. The van der Waals surface area contributed by atoms with Gasteiger partial charge >= 0.3 is 6.03 Å². The molecular weight excluding hydrogens is 324 g/mol. The van der Waals surface area contributed by atoms with Gasteiger partial charge in [-0.2, -0.15) is 0 Å². The van der Waals surface area contributed by atoms with E-state index in [9.17, 15) is 4.79 Å². The van der Waals surface area contributed by atoms with Crippen molar-refractivity contribution < 1.29 is 9.53 Å². The van der Waals surface area contributed by atoms with Crippen LogP contribution in [-0.4, -0.2) is 37.2 Å². The Labute approximate surface area is 156 Å². The van der Waals surface area contributed by atoms with E-state index in [1.807, 2.05) is 25.2 Å². The van der Waals surface area contributed by atoms with Crippen LogP contribution in [0.3, 0.4) is 0 Å². The van der Waals surface area contributed by atoms with Crippen molar-refractivity contribution in [2.75, 3.05) is 25.5 Å². The minimum Gasteiger partial charge on any atom is -0.378 e. The first-order valence-electron chi connectivity index (χ1n) is 9.42. The molecule has 1 N–H and O–H groups in total. The molecule has 138 valence electrons. The lowest BCUT2D eigenvalue weighted by molar-refractivity contribution is 0.101. The molecule has 1 aliphatic heterocycles. The highest BCUT2D eigenvalue weighted by atomic mass is 16.5. The molecule has 4 heteroatoms. The number of ether oxygens (including phenoxy) is 1.